The average Bonchev–Trinajstić information content (AvgIpc) is 3.33. The van der Waals surface area contributed by atoms with Crippen LogP contribution >= 0.6 is 11.8 Å². The van der Waals surface area contributed by atoms with E-state index in [1.165, 1.54) is 17.3 Å². The molecule has 3 heterocycles. The maximum Gasteiger partial charge on any atom is 0.277 e. The summed E-state index contributed by atoms with van der Waals surface area (Å²) in [6, 6.07) is 10.5. The topological polar surface area (TPSA) is 93.4 Å². The lowest BCUT2D eigenvalue weighted by Crippen LogP contribution is -2.39. The van der Waals surface area contributed by atoms with E-state index in [1.807, 2.05) is 11.0 Å². The number of carbonyl (C=O) groups excluding carboxylic acids is 1. The second-order valence-electron chi connectivity index (χ2n) is 8.24. The molecular weight excluding hydrogens is 422 g/mol. The van der Waals surface area contributed by atoms with Gasteiger partial charge in [0.2, 0.25) is 11.8 Å². The Morgan fingerprint density at radius 1 is 1.07 bits per heavy atom. The van der Waals surface area contributed by atoms with Crippen molar-refractivity contribution >= 4 is 27.5 Å². The van der Waals surface area contributed by atoms with E-state index in [0.29, 0.717) is 29.9 Å². The van der Waals surface area contributed by atoms with Gasteiger partial charge < -0.3 is 9.32 Å². The largest absolute Gasteiger partial charge is 0.416 e. The number of rotatable bonds is 7. The number of piperidine rings is 1. The quantitative estimate of drug-likeness (QED) is 0.600. The van der Waals surface area contributed by atoms with E-state index in [-0.39, 0.29) is 29.1 Å². The molecule has 0 saturated carbocycles. The number of aromatic nitrogens is 2. The first-order valence-electron chi connectivity index (χ1n) is 10.4. The third-order valence-electron chi connectivity index (χ3n) is 5.89. The van der Waals surface area contributed by atoms with Gasteiger partial charge in [-0.1, -0.05) is 42.1 Å². The van der Waals surface area contributed by atoms with Crippen LogP contribution in [0.2, 0.25) is 0 Å². The van der Waals surface area contributed by atoms with Crippen LogP contribution in [-0.2, 0) is 27.5 Å². The van der Waals surface area contributed by atoms with Gasteiger partial charge in [-0.05, 0) is 43.1 Å². The first-order valence-corrected chi connectivity index (χ1v) is 13.2. The second kappa shape index (κ2) is 9.51. The highest BCUT2D eigenvalue weighted by molar-refractivity contribution is 7.99. The normalized spacial score (nSPS) is 21.7. The van der Waals surface area contributed by atoms with E-state index in [0.717, 1.165) is 32.4 Å². The lowest BCUT2D eigenvalue weighted by molar-refractivity contribution is -0.129. The predicted molar refractivity (Wildman–Crippen MR) is 115 cm³/mol. The number of hydrogen-bond donors (Lipinski definition) is 0. The van der Waals surface area contributed by atoms with Crippen molar-refractivity contribution in [1.82, 2.24) is 15.1 Å². The average molecular weight is 450 g/mol. The molecule has 2 saturated heterocycles. The zero-order chi connectivity index (χ0) is 21.0. The molecule has 7 nitrogen and oxygen atoms in total. The molecule has 0 aliphatic carbocycles. The molecule has 2 aromatic rings. The Morgan fingerprint density at radius 2 is 1.83 bits per heavy atom. The van der Waals surface area contributed by atoms with E-state index in [4.69, 9.17) is 4.42 Å². The Morgan fingerprint density at radius 3 is 2.53 bits per heavy atom. The van der Waals surface area contributed by atoms with Gasteiger partial charge in [-0.15, -0.1) is 10.2 Å². The van der Waals surface area contributed by atoms with Crippen LogP contribution in [0.25, 0.3) is 0 Å². The molecule has 0 spiro atoms. The van der Waals surface area contributed by atoms with Crippen LogP contribution in [0.15, 0.2) is 40.0 Å². The van der Waals surface area contributed by atoms with E-state index < -0.39 is 9.84 Å². The van der Waals surface area contributed by atoms with E-state index in [2.05, 4.69) is 34.5 Å². The van der Waals surface area contributed by atoms with Gasteiger partial charge in [0.1, 0.15) is 0 Å². The monoisotopic (exact) mass is 449 g/mol. The van der Waals surface area contributed by atoms with Crippen molar-refractivity contribution in [1.29, 1.82) is 0 Å². The molecule has 30 heavy (non-hydrogen) atoms. The lowest BCUT2D eigenvalue weighted by atomic mass is 9.90. The van der Waals surface area contributed by atoms with Crippen molar-refractivity contribution < 1.29 is 17.6 Å². The van der Waals surface area contributed by atoms with Crippen LogP contribution in [-0.4, -0.2) is 59.8 Å². The van der Waals surface area contributed by atoms with E-state index in [1.54, 1.807) is 0 Å². The van der Waals surface area contributed by atoms with Crippen molar-refractivity contribution in [3.63, 3.8) is 0 Å². The minimum atomic E-state index is -2.91. The molecular formula is C21H27N3O4S2. The van der Waals surface area contributed by atoms with Gasteiger partial charge in [-0.2, -0.15) is 0 Å². The number of sulfone groups is 1. The van der Waals surface area contributed by atoms with Crippen LogP contribution in [0, 0.1) is 11.8 Å². The van der Waals surface area contributed by atoms with Crippen LogP contribution in [0.5, 0.6) is 0 Å². The molecule has 4 rings (SSSR count). The summed E-state index contributed by atoms with van der Waals surface area (Å²) >= 11 is 1.25. The van der Waals surface area contributed by atoms with Gasteiger partial charge >= 0.3 is 0 Å². The Balaban J connectivity index is 1.19. The maximum absolute atomic E-state index is 12.5. The second-order valence-corrected chi connectivity index (χ2v) is 11.4. The number of carbonyl (C=O) groups is 1. The molecule has 1 atom stereocenters. The molecule has 0 bridgehead atoms. The fraction of sp³-hybridized carbons (Fsp3) is 0.571. The smallest absolute Gasteiger partial charge is 0.277 e. The van der Waals surface area contributed by atoms with Gasteiger partial charge in [0, 0.05) is 19.5 Å². The molecule has 1 amide bonds. The fourth-order valence-corrected chi connectivity index (χ4v) is 6.75. The number of benzene rings is 1. The maximum atomic E-state index is 12.5. The van der Waals surface area contributed by atoms with Gasteiger partial charge in [0.05, 0.1) is 17.3 Å². The highest BCUT2D eigenvalue weighted by Gasteiger charge is 2.29. The zero-order valence-corrected chi connectivity index (χ0v) is 18.5. The molecule has 0 unspecified atom stereocenters. The van der Waals surface area contributed by atoms with Crippen molar-refractivity contribution in [2.75, 3.05) is 30.3 Å². The lowest BCUT2D eigenvalue weighted by Gasteiger charge is -2.32. The van der Waals surface area contributed by atoms with E-state index >= 15 is 0 Å². The molecule has 1 aromatic heterocycles. The molecule has 9 heteroatoms. The highest BCUT2D eigenvalue weighted by atomic mass is 32.2. The van der Waals surface area contributed by atoms with Gasteiger partial charge in [-0.25, -0.2) is 8.42 Å². The van der Waals surface area contributed by atoms with Crippen LogP contribution < -0.4 is 0 Å². The minimum absolute atomic E-state index is 0.0483. The van der Waals surface area contributed by atoms with Crippen molar-refractivity contribution in [2.24, 2.45) is 11.8 Å². The van der Waals surface area contributed by atoms with E-state index in [9.17, 15) is 13.2 Å². The Labute approximate surface area is 181 Å². The zero-order valence-electron chi connectivity index (χ0n) is 16.9. The molecule has 162 valence electrons. The molecule has 2 aliphatic heterocycles. The SMILES string of the molecule is O=C(CSc1nnc(C[C@@H]2CCS(=O)(=O)C2)o1)N1CCC(Cc2ccccc2)CC1. The Hall–Kier alpha value is -1.87. The summed E-state index contributed by atoms with van der Waals surface area (Å²) < 4.78 is 28.7. The van der Waals surface area contributed by atoms with Crippen molar-refractivity contribution in [3.8, 4) is 0 Å². The highest BCUT2D eigenvalue weighted by Crippen LogP contribution is 2.25. The number of likely N-dealkylation sites (tertiary alicyclic amines) is 1. The first-order chi connectivity index (χ1) is 14.5. The summed E-state index contributed by atoms with van der Waals surface area (Å²) in [4.78, 5) is 14.5. The van der Waals surface area contributed by atoms with Gasteiger partial charge in [0.15, 0.2) is 9.84 Å². The van der Waals surface area contributed by atoms with Crippen LogP contribution in [0.3, 0.4) is 0 Å². The fourth-order valence-electron chi connectivity index (χ4n) is 4.21. The summed E-state index contributed by atoms with van der Waals surface area (Å²) in [7, 11) is -2.91. The predicted octanol–water partition coefficient (Wildman–Crippen LogP) is 2.62. The summed E-state index contributed by atoms with van der Waals surface area (Å²) in [5, 5.41) is 8.38. The molecule has 0 radical (unpaired) electrons. The van der Waals surface area contributed by atoms with Gasteiger partial charge in [-0.3, -0.25) is 4.79 Å². The minimum Gasteiger partial charge on any atom is -0.416 e. The third-order valence-corrected chi connectivity index (χ3v) is 8.53. The summed E-state index contributed by atoms with van der Waals surface area (Å²) in [6.45, 7) is 1.59. The summed E-state index contributed by atoms with van der Waals surface area (Å²) in [5.41, 5.74) is 1.36. The number of hydrogen-bond acceptors (Lipinski definition) is 7. The Kier molecular flexibility index (Phi) is 6.77. The number of nitrogens with zero attached hydrogens (tertiary/aromatic N) is 3. The third kappa shape index (κ3) is 5.85. The number of amides is 1. The molecule has 2 aliphatic rings. The van der Waals surface area contributed by atoms with Crippen molar-refractivity contribution in [2.45, 2.75) is 37.3 Å². The van der Waals surface area contributed by atoms with Crippen LogP contribution in [0.4, 0.5) is 0 Å². The van der Waals surface area contributed by atoms with Crippen molar-refractivity contribution in [3.05, 3.63) is 41.8 Å². The Bertz CT molecular complexity index is 954. The first kappa shape index (κ1) is 21.4. The molecule has 0 N–H and O–H groups in total. The summed E-state index contributed by atoms with van der Waals surface area (Å²) in [5.74, 6) is 1.94. The standard InChI is InChI=1S/C21H27N3O4S2/c25-20(24-9-6-17(7-10-24)12-16-4-2-1-3-5-16)14-29-21-23-22-19(28-21)13-18-8-11-30(26,27)15-18/h1-5,17-18H,6-15H2/t18-/m0/s1. The van der Waals surface area contributed by atoms with Gasteiger partial charge in [0.25, 0.3) is 5.22 Å². The molecule has 2 fully saturated rings. The summed E-state index contributed by atoms with van der Waals surface area (Å²) in [6.07, 6.45) is 4.26. The number of thioether (sulfide) groups is 1. The molecule has 1 aromatic carbocycles. The van der Waals surface area contributed by atoms with Crippen LogP contribution in [0.1, 0.15) is 30.7 Å².